The Bertz CT molecular complexity index is 453. The van der Waals surface area contributed by atoms with E-state index in [1.54, 1.807) is 44.6 Å². The Morgan fingerprint density at radius 3 is 1.57 bits per heavy atom. The first-order chi connectivity index (χ1) is 14.8. The minimum atomic E-state index is -1.28. The van der Waals surface area contributed by atoms with E-state index in [4.69, 9.17) is 4.74 Å². The van der Waals surface area contributed by atoms with Gasteiger partial charge in [0, 0.05) is 6.08 Å². The molecule has 0 atom stereocenters. The van der Waals surface area contributed by atoms with Gasteiger partial charge in [-0.3, -0.25) is 0 Å². The van der Waals surface area contributed by atoms with Crippen LogP contribution in [-0.4, -0.2) is 20.7 Å². The third-order valence-electron chi connectivity index (χ3n) is 9.01. The molecule has 172 valence electrons. The van der Waals surface area contributed by atoms with Gasteiger partial charge in [-0.2, -0.15) is 0 Å². The van der Waals surface area contributed by atoms with Crippen molar-refractivity contribution in [1.82, 2.24) is 0 Å². The number of esters is 1. The summed E-state index contributed by atoms with van der Waals surface area (Å²) in [5, 5.41) is 0. The van der Waals surface area contributed by atoms with Crippen LogP contribution in [0.4, 0.5) is 0 Å². The SMILES string of the molecule is C=CC(=O)OCCCCCC[Si](C1CCCCC1)(C1CCCCC1)C1CCCCC1. The highest BCUT2D eigenvalue weighted by atomic mass is 28.3. The summed E-state index contributed by atoms with van der Waals surface area (Å²) in [5.41, 5.74) is 3.43. The molecular formula is C27H48O2Si. The molecule has 0 aromatic rings. The molecule has 3 saturated carbocycles. The summed E-state index contributed by atoms with van der Waals surface area (Å²) in [5.74, 6) is -0.270. The highest BCUT2D eigenvalue weighted by Crippen LogP contribution is 2.59. The number of ether oxygens (including phenoxy) is 1. The Morgan fingerprint density at radius 1 is 0.700 bits per heavy atom. The van der Waals surface area contributed by atoms with E-state index < -0.39 is 8.07 Å². The Kier molecular flexibility index (Phi) is 10.5. The molecule has 0 aliphatic heterocycles. The second-order valence-corrected chi connectivity index (χ2v) is 15.8. The zero-order valence-electron chi connectivity index (χ0n) is 19.7. The highest BCUT2D eigenvalue weighted by Gasteiger charge is 2.51. The average molecular weight is 433 g/mol. The van der Waals surface area contributed by atoms with Crippen LogP contribution in [0.3, 0.4) is 0 Å². The first kappa shape index (κ1) is 24.1. The molecule has 0 saturated heterocycles. The predicted molar refractivity (Wildman–Crippen MR) is 131 cm³/mol. The van der Waals surface area contributed by atoms with Gasteiger partial charge in [0.25, 0.3) is 0 Å². The minimum Gasteiger partial charge on any atom is -0.463 e. The first-order valence-electron chi connectivity index (χ1n) is 13.6. The fourth-order valence-corrected chi connectivity index (χ4v) is 16.2. The van der Waals surface area contributed by atoms with E-state index in [-0.39, 0.29) is 5.97 Å². The molecule has 3 aliphatic rings. The molecule has 0 radical (unpaired) electrons. The Labute approximate surface area is 187 Å². The molecule has 0 aromatic carbocycles. The lowest BCUT2D eigenvalue weighted by molar-refractivity contribution is -0.137. The van der Waals surface area contributed by atoms with Crippen molar-refractivity contribution < 1.29 is 9.53 Å². The van der Waals surface area contributed by atoms with Crippen molar-refractivity contribution in [3.63, 3.8) is 0 Å². The number of hydrogen-bond acceptors (Lipinski definition) is 2. The van der Waals surface area contributed by atoms with Crippen LogP contribution in [0.1, 0.15) is 122 Å². The van der Waals surface area contributed by atoms with E-state index in [1.165, 1.54) is 83.1 Å². The van der Waals surface area contributed by atoms with Crippen molar-refractivity contribution >= 4 is 14.0 Å². The van der Waals surface area contributed by atoms with Crippen LogP contribution in [-0.2, 0) is 9.53 Å². The monoisotopic (exact) mass is 432 g/mol. The van der Waals surface area contributed by atoms with Gasteiger partial charge in [-0.15, -0.1) is 0 Å². The molecule has 3 rings (SSSR count). The summed E-state index contributed by atoms with van der Waals surface area (Å²) in [6.07, 6.45) is 29.4. The number of carbonyl (C=O) groups excluding carboxylic acids is 1. The predicted octanol–water partition coefficient (Wildman–Crippen LogP) is 8.73. The minimum absolute atomic E-state index is 0.270. The van der Waals surface area contributed by atoms with Crippen LogP contribution in [0.25, 0.3) is 0 Å². The maximum absolute atomic E-state index is 11.2. The normalized spacial score (nSPS) is 22.7. The number of rotatable bonds is 11. The van der Waals surface area contributed by atoms with Gasteiger partial charge in [-0.1, -0.05) is 128 Å². The van der Waals surface area contributed by atoms with Gasteiger partial charge in [-0.05, 0) is 23.0 Å². The molecule has 0 amide bonds. The van der Waals surface area contributed by atoms with Crippen molar-refractivity contribution in [2.24, 2.45) is 0 Å². The largest absolute Gasteiger partial charge is 0.463 e. The van der Waals surface area contributed by atoms with Gasteiger partial charge in [0.2, 0.25) is 0 Å². The molecule has 3 heteroatoms. The van der Waals surface area contributed by atoms with E-state index in [0.29, 0.717) is 6.61 Å². The maximum atomic E-state index is 11.2. The zero-order valence-corrected chi connectivity index (χ0v) is 20.7. The zero-order chi connectivity index (χ0) is 21.1. The lowest BCUT2D eigenvalue weighted by Gasteiger charge is -2.54. The lowest BCUT2D eigenvalue weighted by Crippen LogP contribution is -2.51. The van der Waals surface area contributed by atoms with Gasteiger partial charge >= 0.3 is 5.97 Å². The van der Waals surface area contributed by atoms with Gasteiger partial charge in [-0.25, -0.2) is 4.79 Å². The van der Waals surface area contributed by atoms with Crippen molar-refractivity contribution in [2.75, 3.05) is 6.61 Å². The van der Waals surface area contributed by atoms with E-state index in [0.717, 1.165) is 23.0 Å². The van der Waals surface area contributed by atoms with E-state index in [1.807, 2.05) is 0 Å². The van der Waals surface area contributed by atoms with Gasteiger partial charge in [0.15, 0.2) is 0 Å². The van der Waals surface area contributed by atoms with Crippen LogP contribution < -0.4 is 0 Å². The second-order valence-electron chi connectivity index (χ2n) is 10.7. The van der Waals surface area contributed by atoms with Crippen LogP contribution in [0.2, 0.25) is 22.7 Å². The summed E-state index contributed by atoms with van der Waals surface area (Å²) in [7, 11) is -1.28. The highest BCUT2D eigenvalue weighted by molar-refractivity contribution is 6.84. The third-order valence-corrected chi connectivity index (χ3v) is 16.5. The second kappa shape index (κ2) is 13.1. The Morgan fingerprint density at radius 2 is 1.13 bits per heavy atom. The molecular weight excluding hydrogens is 384 g/mol. The summed E-state index contributed by atoms with van der Waals surface area (Å²) in [4.78, 5) is 11.2. The summed E-state index contributed by atoms with van der Waals surface area (Å²) >= 11 is 0. The molecule has 0 aromatic heterocycles. The standard InChI is InChI=1S/C27H48O2Si/c1-2-27(28)29-22-14-3-4-15-23-30(24-16-8-5-9-17-24,25-18-10-6-11-19-25)26-20-12-7-13-21-26/h2,24-26H,1,3-23H2. The molecule has 0 unspecified atom stereocenters. The Hall–Kier alpha value is -0.573. The molecule has 3 fully saturated rings. The van der Waals surface area contributed by atoms with Gasteiger partial charge < -0.3 is 4.74 Å². The van der Waals surface area contributed by atoms with E-state index in [2.05, 4.69) is 6.58 Å². The molecule has 0 spiro atoms. The fraction of sp³-hybridized carbons (Fsp3) is 0.889. The topological polar surface area (TPSA) is 26.3 Å². The van der Waals surface area contributed by atoms with Crippen molar-refractivity contribution in [3.8, 4) is 0 Å². The smallest absolute Gasteiger partial charge is 0.330 e. The van der Waals surface area contributed by atoms with Crippen LogP contribution >= 0.6 is 0 Å². The van der Waals surface area contributed by atoms with Crippen molar-refractivity contribution in [2.45, 2.75) is 145 Å². The van der Waals surface area contributed by atoms with Gasteiger partial charge in [0.05, 0.1) is 14.7 Å². The van der Waals surface area contributed by atoms with E-state index in [9.17, 15) is 4.79 Å². The number of unbranched alkanes of at least 4 members (excludes halogenated alkanes) is 3. The van der Waals surface area contributed by atoms with Gasteiger partial charge in [0.1, 0.15) is 0 Å². The van der Waals surface area contributed by atoms with Crippen molar-refractivity contribution in [3.05, 3.63) is 12.7 Å². The Balaban J connectivity index is 1.64. The molecule has 3 aliphatic carbocycles. The first-order valence-corrected chi connectivity index (χ1v) is 16.0. The summed E-state index contributed by atoms with van der Waals surface area (Å²) < 4.78 is 5.18. The molecule has 0 N–H and O–H groups in total. The third kappa shape index (κ3) is 6.47. The fourth-order valence-electron chi connectivity index (χ4n) is 7.65. The van der Waals surface area contributed by atoms with Crippen LogP contribution in [0.5, 0.6) is 0 Å². The quantitative estimate of drug-likeness (QED) is 0.141. The summed E-state index contributed by atoms with van der Waals surface area (Å²) in [6, 6.07) is 1.62. The average Bonchev–Trinajstić information content (AvgIpc) is 2.82. The molecule has 0 bridgehead atoms. The number of hydrogen-bond donors (Lipinski definition) is 0. The van der Waals surface area contributed by atoms with Crippen LogP contribution in [0, 0.1) is 0 Å². The van der Waals surface area contributed by atoms with Crippen molar-refractivity contribution in [1.29, 1.82) is 0 Å². The molecule has 0 heterocycles. The van der Waals surface area contributed by atoms with Crippen LogP contribution in [0.15, 0.2) is 12.7 Å². The maximum Gasteiger partial charge on any atom is 0.330 e. The summed E-state index contributed by atoms with van der Waals surface area (Å²) in [6.45, 7) is 4.05. The number of carbonyl (C=O) groups is 1. The lowest BCUT2D eigenvalue weighted by atomic mass is 9.98. The molecule has 30 heavy (non-hydrogen) atoms. The van der Waals surface area contributed by atoms with E-state index >= 15 is 0 Å². The molecule has 2 nitrogen and oxygen atoms in total.